The standard InChI is InChI=1S/C24H19BrN2O3/c1-2-30-20-12-6-16(7-13-20)21-15-19-5-3-4-14-27(19)22(21)23(28)24(29)26-18-10-8-17(25)9-11-18/h3-15H,2H2,1H3,(H,26,29). The molecule has 2 aromatic carbocycles. The van der Waals surface area contributed by atoms with Crippen LogP contribution in [0, 0.1) is 0 Å². The third-order valence-corrected chi connectivity index (χ3v) is 5.21. The molecule has 2 heterocycles. The molecule has 0 aliphatic carbocycles. The van der Waals surface area contributed by atoms with Crippen LogP contribution in [-0.2, 0) is 4.79 Å². The minimum absolute atomic E-state index is 0.323. The number of hydrogen-bond donors (Lipinski definition) is 1. The summed E-state index contributed by atoms with van der Waals surface area (Å²) in [6.07, 6.45) is 1.79. The molecule has 0 aliphatic rings. The SMILES string of the molecule is CCOc1ccc(-c2cc3ccccn3c2C(=O)C(=O)Nc2ccc(Br)cc2)cc1. The molecule has 1 N–H and O–H groups in total. The highest BCUT2D eigenvalue weighted by Gasteiger charge is 2.24. The van der Waals surface area contributed by atoms with E-state index in [1.165, 1.54) is 0 Å². The summed E-state index contributed by atoms with van der Waals surface area (Å²) in [7, 11) is 0. The topological polar surface area (TPSA) is 59.8 Å². The Hall–Kier alpha value is -3.38. The van der Waals surface area contributed by atoms with Crippen molar-refractivity contribution in [3.63, 3.8) is 0 Å². The molecule has 0 unspecified atom stereocenters. The smallest absolute Gasteiger partial charge is 0.298 e. The maximum atomic E-state index is 13.2. The zero-order valence-electron chi connectivity index (χ0n) is 16.3. The molecule has 150 valence electrons. The number of amides is 1. The summed E-state index contributed by atoms with van der Waals surface area (Å²) in [5, 5.41) is 2.68. The highest BCUT2D eigenvalue weighted by Crippen LogP contribution is 2.30. The Morgan fingerprint density at radius 3 is 2.43 bits per heavy atom. The summed E-state index contributed by atoms with van der Waals surface area (Å²) in [6.45, 7) is 2.50. The normalized spacial score (nSPS) is 10.7. The molecule has 5 nitrogen and oxygen atoms in total. The molecular formula is C24H19BrN2O3. The van der Waals surface area contributed by atoms with Gasteiger partial charge < -0.3 is 14.5 Å². The van der Waals surface area contributed by atoms with Crippen LogP contribution in [0.5, 0.6) is 5.75 Å². The van der Waals surface area contributed by atoms with Crippen molar-refractivity contribution in [3.05, 3.63) is 89.2 Å². The fraction of sp³-hybridized carbons (Fsp3) is 0.0833. The van der Waals surface area contributed by atoms with E-state index in [-0.39, 0.29) is 0 Å². The Morgan fingerprint density at radius 1 is 1.00 bits per heavy atom. The quantitative estimate of drug-likeness (QED) is 0.300. The van der Waals surface area contributed by atoms with Crippen molar-refractivity contribution in [1.82, 2.24) is 4.40 Å². The van der Waals surface area contributed by atoms with E-state index in [0.29, 0.717) is 23.6 Å². The van der Waals surface area contributed by atoms with Crippen molar-refractivity contribution in [1.29, 1.82) is 0 Å². The van der Waals surface area contributed by atoms with Crippen LogP contribution >= 0.6 is 15.9 Å². The number of carbonyl (C=O) groups excluding carboxylic acids is 2. The second kappa shape index (κ2) is 8.55. The number of Topliss-reactive ketones (excluding diaryl/α,β-unsaturated/α-hetero) is 1. The Bertz CT molecular complexity index is 1210. The summed E-state index contributed by atoms with van der Waals surface area (Å²) in [5.41, 5.74) is 3.24. The lowest BCUT2D eigenvalue weighted by Crippen LogP contribution is -2.24. The molecule has 0 saturated carbocycles. The second-order valence-corrected chi connectivity index (χ2v) is 7.57. The van der Waals surface area contributed by atoms with Gasteiger partial charge in [0, 0.05) is 27.4 Å². The van der Waals surface area contributed by atoms with Crippen molar-refractivity contribution in [2.24, 2.45) is 0 Å². The van der Waals surface area contributed by atoms with E-state index < -0.39 is 11.7 Å². The van der Waals surface area contributed by atoms with E-state index >= 15 is 0 Å². The highest BCUT2D eigenvalue weighted by molar-refractivity contribution is 9.10. The van der Waals surface area contributed by atoms with Crippen LogP contribution in [0.2, 0.25) is 0 Å². The van der Waals surface area contributed by atoms with Crippen LogP contribution in [0.3, 0.4) is 0 Å². The summed E-state index contributed by atoms with van der Waals surface area (Å²) < 4.78 is 8.14. The molecular weight excluding hydrogens is 444 g/mol. The minimum atomic E-state index is -0.687. The Kier molecular flexibility index (Phi) is 5.68. The first-order valence-corrected chi connectivity index (χ1v) is 10.3. The fourth-order valence-electron chi connectivity index (χ4n) is 3.30. The fourth-order valence-corrected chi connectivity index (χ4v) is 3.57. The van der Waals surface area contributed by atoms with E-state index in [9.17, 15) is 9.59 Å². The minimum Gasteiger partial charge on any atom is -0.494 e. The number of benzene rings is 2. The predicted octanol–water partition coefficient (Wildman–Crippen LogP) is 5.59. The number of pyridine rings is 1. The number of ketones is 1. The van der Waals surface area contributed by atoms with Gasteiger partial charge in [-0.25, -0.2) is 0 Å². The summed E-state index contributed by atoms with van der Waals surface area (Å²) in [5.74, 6) is -0.535. The molecule has 0 bridgehead atoms. The molecule has 0 fully saturated rings. The lowest BCUT2D eigenvalue weighted by molar-refractivity contribution is -0.112. The molecule has 0 radical (unpaired) electrons. The maximum Gasteiger partial charge on any atom is 0.298 e. The van der Waals surface area contributed by atoms with Gasteiger partial charge in [-0.3, -0.25) is 9.59 Å². The highest BCUT2D eigenvalue weighted by atomic mass is 79.9. The van der Waals surface area contributed by atoms with Gasteiger partial charge in [-0.2, -0.15) is 0 Å². The number of anilines is 1. The van der Waals surface area contributed by atoms with Gasteiger partial charge in [0.2, 0.25) is 0 Å². The van der Waals surface area contributed by atoms with E-state index in [1.807, 2.05) is 55.5 Å². The lowest BCUT2D eigenvalue weighted by atomic mass is 10.0. The number of nitrogens with one attached hydrogen (secondary N) is 1. The van der Waals surface area contributed by atoms with Crippen LogP contribution in [0.4, 0.5) is 5.69 Å². The first-order chi connectivity index (χ1) is 14.6. The molecule has 6 heteroatoms. The molecule has 4 aromatic rings. The Morgan fingerprint density at radius 2 is 1.73 bits per heavy atom. The van der Waals surface area contributed by atoms with Crippen molar-refractivity contribution in [2.45, 2.75) is 6.92 Å². The van der Waals surface area contributed by atoms with Gasteiger partial charge in [0.15, 0.2) is 0 Å². The molecule has 2 aromatic heterocycles. The maximum absolute atomic E-state index is 13.2. The molecule has 4 rings (SSSR count). The van der Waals surface area contributed by atoms with Crippen LogP contribution in [0.1, 0.15) is 17.4 Å². The van der Waals surface area contributed by atoms with Crippen LogP contribution < -0.4 is 10.1 Å². The van der Waals surface area contributed by atoms with Crippen LogP contribution in [-0.4, -0.2) is 22.7 Å². The number of ether oxygens (including phenoxy) is 1. The first-order valence-electron chi connectivity index (χ1n) is 9.51. The Balaban J connectivity index is 1.73. The molecule has 0 spiro atoms. The molecule has 0 atom stereocenters. The van der Waals surface area contributed by atoms with Gasteiger partial charge in [-0.15, -0.1) is 0 Å². The number of fused-ring (bicyclic) bond motifs is 1. The van der Waals surface area contributed by atoms with Crippen molar-refractivity contribution in [2.75, 3.05) is 11.9 Å². The van der Waals surface area contributed by atoms with Gasteiger partial charge in [-0.05, 0) is 67.1 Å². The second-order valence-electron chi connectivity index (χ2n) is 6.65. The summed E-state index contributed by atoms with van der Waals surface area (Å²) >= 11 is 3.36. The number of nitrogens with zero attached hydrogens (tertiary/aromatic N) is 1. The van der Waals surface area contributed by atoms with E-state index in [2.05, 4.69) is 21.2 Å². The molecule has 30 heavy (non-hydrogen) atoms. The molecule has 1 amide bonds. The first kappa shape index (κ1) is 19.9. The summed E-state index contributed by atoms with van der Waals surface area (Å²) in [6, 6.07) is 22.1. The van der Waals surface area contributed by atoms with Crippen LogP contribution in [0.15, 0.2) is 83.5 Å². The summed E-state index contributed by atoms with van der Waals surface area (Å²) in [4.78, 5) is 25.9. The number of rotatable bonds is 6. The van der Waals surface area contributed by atoms with E-state index in [1.54, 1.807) is 34.9 Å². The van der Waals surface area contributed by atoms with Gasteiger partial charge in [-0.1, -0.05) is 34.1 Å². The number of halogens is 1. The van der Waals surface area contributed by atoms with Crippen LogP contribution in [0.25, 0.3) is 16.6 Å². The molecule has 0 aliphatic heterocycles. The average molecular weight is 463 g/mol. The zero-order chi connectivity index (χ0) is 21.1. The third-order valence-electron chi connectivity index (χ3n) is 4.68. The third kappa shape index (κ3) is 4.00. The van der Waals surface area contributed by atoms with E-state index in [4.69, 9.17) is 4.74 Å². The largest absolute Gasteiger partial charge is 0.494 e. The Labute approximate surface area is 182 Å². The number of hydrogen-bond acceptors (Lipinski definition) is 3. The van der Waals surface area contributed by atoms with Crippen molar-refractivity contribution in [3.8, 4) is 16.9 Å². The van der Waals surface area contributed by atoms with Gasteiger partial charge >= 0.3 is 0 Å². The average Bonchev–Trinajstić information content (AvgIpc) is 3.15. The number of carbonyl (C=O) groups is 2. The number of aromatic nitrogens is 1. The molecule has 0 saturated heterocycles. The van der Waals surface area contributed by atoms with E-state index in [0.717, 1.165) is 21.3 Å². The van der Waals surface area contributed by atoms with Crippen molar-refractivity contribution >= 4 is 38.8 Å². The zero-order valence-corrected chi connectivity index (χ0v) is 17.8. The van der Waals surface area contributed by atoms with Gasteiger partial charge in [0.05, 0.1) is 6.61 Å². The lowest BCUT2D eigenvalue weighted by Gasteiger charge is -2.09. The van der Waals surface area contributed by atoms with Gasteiger partial charge in [0.25, 0.3) is 11.7 Å². The van der Waals surface area contributed by atoms with Crippen molar-refractivity contribution < 1.29 is 14.3 Å². The monoisotopic (exact) mass is 462 g/mol. The van der Waals surface area contributed by atoms with Gasteiger partial charge in [0.1, 0.15) is 11.4 Å². The predicted molar refractivity (Wildman–Crippen MR) is 121 cm³/mol.